The van der Waals surface area contributed by atoms with Crippen LogP contribution in [0, 0.1) is 12.8 Å². The minimum absolute atomic E-state index is 0.0726. The number of pyridine rings is 1. The zero-order chi connectivity index (χ0) is 20.0. The molecule has 29 heavy (non-hydrogen) atoms. The molecule has 3 heterocycles. The molecule has 8 heteroatoms. The third-order valence-corrected chi connectivity index (χ3v) is 5.55. The second-order valence-electron chi connectivity index (χ2n) is 7.60. The van der Waals surface area contributed by atoms with Gasteiger partial charge in [-0.05, 0) is 50.5 Å². The predicted molar refractivity (Wildman–Crippen MR) is 111 cm³/mol. The molecule has 1 aliphatic carbocycles. The molecule has 3 N–H and O–H groups in total. The number of nitrogens with two attached hydrogens (primary N) is 1. The molecule has 1 fully saturated rings. The van der Waals surface area contributed by atoms with E-state index in [1.807, 2.05) is 29.7 Å². The van der Waals surface area contributed by atoms with Gasteiger partial charge in [0.25, 0.3) is 0 Å². The van der Waals surface area contributed by atoms with E-state index in [-0.39, 0.29) is 17.9 Å². The quantitative estimate of drug-likeness (QED) is 0.557. The minimum Gasteiger partial charge on any atom is -0.369 e. The number of amides is 1. The summed E-state index contributed by atoms with van der Waals surface area (Å²) in [6.45, 7) is 1.98. The summed E-state index contributed by atoms with van der Waals surface area (Å²) in [5.74, 6) is 0.230. The summed E-state index contributed by atoms with van der Waals surface area (Å²) in [5, 5.41) is 4.40. The Labute approximate surface area is 167 Å². The largest absolute Gasteiger partial charge is 0.369 e. The van der Waals surface area contributed by atoms with E-state index in [0.717, 1.165) is 46.3 Å². The van der Waals surface area contributed by atoms with Crippen molar-refractivity contribution in [2.24, 2.45) is 11.7 Å². The number of nitrogens with one attached hydrogen (secondary N) is 1. The Bertz CT molecular complexity index is 1230. The summed E-state index contributed by atoms with van der Waals surface area (Å²) >= 11 is 0. The van der Waals surface area contributed by atoms with Gasteiger partial charge in [-0.15, -0.1) is 0 Å². The third kappa shape index (κ3) is 3.26. The van der Waals surface area contributed by atoms with Gasteiger partial charge in [0, 0.05) is 28.7 Å². The second kappa shape index (κ2) is 6.80. The number of hydrogen-bond donors (Lipinski definition) is 2. The van der Waals surface area contributed by atoms with Crippen molar-refractivity contribution in [1.82, 2.24) is 24.5 Å². The lowest BCUT2D eigenvalue weighted by Crippen LogP contribution is -2.23. The van der Waals surface area contributed by atoms with Gasteiger partial charge in [-0.25, -0.2) is 9.97 Å². The standard InChI is InChI=1S/C21H21N7O/c1-12-2-3-13-9-16(6-7-17(13)25-12)28-11-24-18-10-23-21(27-20(18)28)26-15-5-4-14(8-15)19(22)29/h2-3,6-7,9-11,14-15H,4-5,8H2,1H3,(H2,22,29)(H,23,26,27). The van der Waals surface area contributed by atoms with E-state index in [0.29, 0.717) is 12.4 Å². The van der Waals surface area contributed by atoms with Crippen LogP contribution in [0.25, 0.3) is 27.8 Å². The monoisotopic (exact) mass is 387 g/mol. The highest BCUT2D eigenvalue weighted by molar-refractivity contribution is 5.82. The van der Waals surface area contributed by atoms with Crippen LogP contribution in [0.2, 0.25) is 0 Å². The summed E-state index contributed by atoms with van der Waals surface area (Å²) in [7, 11) is 0. The maximum atomic E-state index is 11.4. The summed E-state index contributed by atoms with van der Waals surface area (Å²) in [6, 6.07) is 10.3. The number of benzene rings is 1. The zero-order valence-corrected chi connectivity index (χ0v) is 16.0. The number of aromatic nitrogens is 5. The van der Waals surface area contributed by atoms with Crippen molar-refractivity contribution in [3.63, 3.8) is 0 Å². The van der Waals surface area contributed by atoms with Gasteiger partial charge in [0.05, 0.1) is 11.7 Å². The molecule has 0 aliphatic heterocycles. The molecular weight excluding hydrogens is 366 g/mol. The minimum atomic E-state index is -0.232. The first-order chi connectivity index (χ1) is 14.1. The zero-order valence-electron chi connectivity index (χ0n) is 16.0. The molecular formula is C21H21N7O. The van der Waals surface area contributed by atoms with Crippen molar-refractivity contribution in [3.8, 4) is 5.69 Å². The Balaban J connectivity index is 1.47. The number of carbonyl (C=O) groups is 1. The van der Waals surface area contributed by atoms with Crippen molar-refractivity contribution in [3.05, 3.63) is 48.5 Å². The summed E-state index contributed by atoms with van der Waals surface area (Å²) in [5.41, 5.74) is 9.80. The maximum Gasteiger partial charge on any atom is 0.224 e. The highest BCUT2D eigenvalue weighted by Gasteiger charge is 2.28. The maximum absolute atomic E-state index is 11.4. The van der Waals surface area contributed by atoms with Gasteiger partial charge in [0.1, 0.15) is 11.8 Å². The number of aryl methyl sites for hydroxylation is 1. The lowest BCUT2D eigenvalue weighted by Gasteiger charge is -2.12. The molecule has 0 spiro atoms. The van der Waals surface area contributed by atoms with Crippen molar-refractivity contribution in [1.29, 1.82) is 0 Å². The summed E-state index contributed by atoms with van der Waals surface area (Å²) < 4.78 is 1.95. The Morgan fingerprint density at radius 1 is 1.14 bits per heavy atom. The fourth-order valence-corrected chi connectivity index (χ4v) is 3.99. The van der Waals surface area contributed by atoms with E-state index in [1.54, 1.807) is 12.5 Å². The molecule has 3 aromatic heterocycles. The highest BCUT2D eigenvalue weighted by atomic mass is 16.1. The molecule has 4 aromatic rings. The van der Waals surface area contributed by atoms with Crippen LogP contribution in [0.4, 0.5) is 5.95 Å². The number of rotatable bonds is 4. The van der Waals surface area contributed by atoms with Gasteiger partial charge in [0.15, 0.2) is 5.65 Å². The van der Waals surface area contributed by atoms with Crippen molar-refractivity contribution in [2.75, 3.05) is 5.32 Å². The van der Waals surface area contributed by atoms with Crippen molar-refractivity contribution >= 4 is 33.9 Å². The van der Waals surface area contributed by atoms with Gasteiger partial charge < -0.3 is 11.1 Å². The van der Waals surface area contributed by atoms with Crippen molar-refractivity contribution in [2.45, 2.75) is 32.2 Å². The van der Waals surface area contributed by atoms with Gasteiger partial charge in [-0.2, -0.15) is 4.98 Å². The van der Waals surface area contributed by atoms with Crippen LogP contribution >= 0.6 is 0 Å². The molecule has 2 atom stereocenters. The Morgan fingerprint density at radius 2 is 2.03 bits per heavy atom. The molecule has 8 nitrogen and oxygen atoms in total. The van der Waals surface area contributed by atoms with Crippen LogP contribution in [-0.2, 0) is 4.79 Å². The molecule has 1 aliphatic rings. The van der Waals surface area contributed by atoms with Crippen molar-refractivity contribution < 1.29 is 4.79 Å². The summed E-state index contributed by atoms with van der Waals surface area (Å²) in [4.78, 5) is 29.5. The van der Waals surface area contributed by atoms with Crippen LogP contribution in [0.5, 0.6) is 0 Å². The first-order valence-corrected chi connectivity index (χ1v) is 9.70. The smallest absolute Gasteiger partial charge is 0.224 e. The van der Waals surface area contributed by atoms with Gasteiger partial charge in [-0.1, -0.05) is 6.07 Å². The number of fused-ring (bicyclic) bond motifs is 2. The van der Waals surface area contributed by atoms with E-state index >= 15 is 0 Å². The first-order valence-electron chi connectivity index (χ1n) is 9.70. The van der Waals surface area contributed by atoms with Crippen LogP contribution < -0.4 is 11.1 Å². The van der Waals surface area contributed by atoms with Crippen LogP contribution in [0.1, 0.15) is 25.0 Å². The van der Waals surface area contributed by atoms with E-state index in [1.165, 1.54) is 0 Å². The molecule has 146 valence electrons. The number of hydrogen-bond acceptors (Lipinski definition) is 6. The SMILES string of the molecule is Cc1ccc2cc(-n3cnc4cnc(NC5CCC(C(N)=O)C5)nc43)ccc2n1. The molecule has 0 bridgehead atoms. The fraction of sp³-hybridized carbons (Fsp3) is 0.286. The Hall–Kier alpha value is -3.55. The van der Waals surface area contributed by atoms with E-state index in [4.69, 9.17) is 5.73 Å². The second-order valence-corrected chi connectivity index (χ2v) is 7.60. The Kier molecular flexibility index (Phi) is 4.12. The molecule has 0 radical (unpaired) electrons. The van der Waals surface area contributed by atoms with Gasteiger partial charge in [0.2, 0.25) is 11.9 Å². The average Bonchev–Trinajstić information content (AvgIpc) is 3.34. The molecule has 1 aromatic carbocycles. The fourth-order valence-electron chi connectivity index (χ4n) is 3.99. The highest BCUT2D eigenvalue weighted by Crippen LogP contribution is 2.27. The number of carbonyl (C=O) groups excluding carboxylic acids is 1. The van der Waals surface area contributed by atoms with Crippen LogP contribution in [-0.4, -0.2) is 36.5 Å². The third-order valence-electron chi connectivity index (χ3n) is 5.55. The summed E-state index contributed by atoms with van der Waals surface area (Å²) in [6.07, 6.45) is 5.87. The van der Waals surface area contributed by atoms with Crippen LogP contribution in [0.3, 0.4) is 0 Å². The van der Waals surface area contributed by atoms with E-state index < -0.39 is 0 Å². The van der Waals surface area contributed by atoms with Crippen LogP contribution in [0.15, 0.2) is 42.9 Å². The lowest BCUT2D eigenvalue weighted by atomic mass is 10.1. The number of anilines is 1. The number of imidazole rings is 1. The Morgan fingerprint density at radius 3 is 2.86 bits per heavy atom. The lowest BCUT2D eigenvalue weighted by molar-refractivity contribution is -0.121. The molecule has 2 unspecified atom stereocenters. The molecule has 1 amide bonds. The number of primary amides is 1. The molecule has 1 saturated carbocycles. The molecule has 0 saturated heterocycles. The van der Waals surface area contributed by atoms with Gasteiger partial charge in [-0.3, -0.25) is 14.3 Å². The number of nitrogens with zero attached hydrogens (tertiary/aromatic N) is 5. The van der Waals surface area contributed by atoms with E-state index in [2.05, 4.69) is 37.4 Å². The first kappa shape index (κ1) is 17.5. The molecule has 5 rings (SSSR count). The van der Waals surface area contributed by atoms with Gasteiger partial charge >= 0.3 is 0 Å². The topological polar surface area (TPSA) is 112 Å². The normalized spacial score (nSPS) is 19.1. The van der Waals surface area contributed by atoms with E-state index in [9.17, 15) is 4.79 Å². The average molecular weight is 387 g/mol. The predicted octanol–water partition coefficient (Wildman–Crippen LogP) is 2.74.